The van der Waals surface area contributed by atoms with E-state index < -0.39 is 6.10 Å². The zero-order chi connectivity index (χ0) is 18.8. The molecule has 148 valence electrons. The molecule has 4 rings (SSSR count). The Balaban J connectivity index is 0.00000225. The SMILES string of the molecule is Cl.O=c1ccc2c([C@@H](O)CNC3CCc4ccccc4CC3)ccc(O)c2[nH]1. The number of aromatic amines is 1. The lowest BCUT2D eigenvalue weighted by Gasteiger charge is -2.20. The molecule has 0 saturated heterocycles. The highest BCUT2D eigenvalue weighted by Crippen LogP contribution is 2.29. The van der Waals surface area contributed by atoms with Gasteiger partial charge in [0.15, 0.2) is 0 Å². The average molecular weight is 401 g/mol. The van der Waals surface area contributed by atoms with Crippen LogP contribution in [0.25, 0.3) is 10.9 Å². The van der Waals surface area contributed by atoms with Crippen molar-refractivity contribution in [1.82, 2.24) is 10.3 Å². The van der Waals surface area contributed by atoms with Crippen molar-refractivity contribution >= 4 is 23.3 Å². The van der Waals surface area contributed by atoms with Crippen LogP contribution in [-0.4, -0.2) is 27.8 Å². The van der Waals surface area contributed by atoms with E-state index in [4.69, 9.17) is 0 Å². The molecule has 2 aromatic carbocycles. The summed E-state index contributed by atoms with van der Waals surface area (Å²) < 4.78 is 0. The Bertz CT molecular complexity index is 991. The van der Waals surface area contributed by atoms with Gasteiger partial charge >= 0.3 is 0 Å². The monoisotopic (exact) mass is 400 g/mol. The zero-order valence-electron chi connectivity index (χ0n) is 15.5. The van der Waals surface area contributed by atoms with Gasteiger partial charge in [0.25, 0.3) is 0 Å². The average Bonchev–Trinajstić information content (AvgIpc) is 2.89. The van der Waals surface area contributed by atoms with Crippen LogP contribution in [0.5, 0.6) is 5.75 Å². The molecule has 28 heavy (non-hydrogen) atoms. The second-order valence-corrected chi connectivity index (χ2v) is 7.25. The van der Waals surface area contributed by atoms with Gasteiger partial charge in [-0.1, -0.05) is 30.3 Å². The topological polar surface area (TPSA) is 85.3 Å². The first-order chi connectivity index (χ1) is 13.1. The van der Waals surface area contributed by atoms with E-state index in [0.717, 1.165) is 25.7 Å². The van der Waals surface area contributed by atoms with Crippen LogP contribution in [0.15, 0.2) is 53.3 Å². The number of rotatable bonds is 4. The lowest BCUT2D eigenvalue weighted by Crippen LogP contribution is -2.33. The van der Waals surface area contributed by atoms with Crippen molar-refractivity contribution in [2.45, 2.75) is 37.8 Å². The molecule has 1 heterocycles. The van der Waals surface area contributed by atoms with Crippen LogP contribution < -0.4 is 10.9 Å². The van der Waals surface area contributed by atoms with Crippen LogP contribution in [0.4, 0.5) is 0 Å². The molecule has 0 spiro atoms. The van der Waals surface area contributed by atoms with Crippen LogP contribution in [0.1, 0.15) is 35.6 Å². The number of hydrogen-bond donors (Lipinski definition) is 4. The summed E-state index contributed by atoms with van der Waals surface area (Å²) in [5, 5.41) is 24.9. The number of halogens is 1. The fourth-order valence-corrected chi connectivity index (χ4v) is 3.99. The maximum atomic E-state index is 11.5. The van der Waals surface area contributed by atoms with E-state index in [1.54, 1.807) is 12.1 Å². The lowest BCUT2D eigenvalue weighted by atomic mass is 10.0. The Morgan fingerprint density at radius 2 is 1.71 bits per heavy atom. The summed E-state index contributed by atoms with van der Waals surface area (Å²) in [6, 6.07) is 15.2. The van der Waals surface area contributed by atoms with Crippen LogP contribution in [-0.2, 0) is 12.8 Å². The molecule has 1 aliphatic carbocycles. The molecule has 0 unspecified atom stereocenters. The summed E-state index contributed by atoms with van der Waals surface area (Å²) in [5.74, 6) is 0.00754. The van der Waals surface area contributed by atoms with Gasteiger partial charge in [0, 0.05) is 24.0 Å². The molecule has 6 heteroatoms. The van der Waals surface area contributed by atoms with Crippen LogP contribution >= 0.6 is 12.4 Å². The molecule has 0 amide bonds. The van der Waals surface area contributed by atoms with E-state index in [0.29, 0.717) is 29.1 Å². The van der Waals surface area contributed by atoms with Crippen LogP contribution in [0, 0.1) is 0 Å². The maximum Gasteiger partial charge on any atom is 0.248 e. The number of fused-ring (bicyclic) bond motifs is 2. The molecular weight excluding hydrogens is 376 g/mol. The van der Waals surface area contributed by atoms with E-state index in [1.165, 1.54) is 23.3 Å². The fourth-order valence-electron chi connectivity index (χ4n) is 3.99. The predicted octanol–water partition coefficient (Wildman–Crippen LogP) is 3.23. The zero-order valence-corrected chi connectivity index (χ0v) is 16.3. The molecule has 1 aliphatic rings. The minimum atomic E-state index is -0.718. The Kier molecular flexibility index (Phi) is 6.39. The molecule has 0 fully saturated rings. The highest BCUT2D eigenvalue weighted by molar-refractivity contribution is 5.87. The van der Waals surface area contributed by atoms with Gasteiger partial charge in [-0.05, 0) is 54.5 Å². The van der Waals surface area contributed by atoms with Crippen molar-refractivity contribution in [1.29, 1.82) is 0 Å². The first kappa shape index (κ1) is 20.4. The molecule has 5 nitrogen and oxygen atoms in total. The standard InChI is InChI=1S/C22H24N2O3.ClH/c25-19-11-9-17(18-10-12-21(27)24-22(18)19)20(26)13-23-16-7-5-14-3-1-2-4-15(14)6-8-16;/h1-4,9-12,16,20,23,25-26H,5-8,13H2,(H,24,27);1H/t20-;/m0./s1. The normalized spacial score (nSPS) is 15.5. The number of aliphatic hydroxyl groups excluding tert-OH is 1. The third-order valence-corrected chi connectivity index (χ3v) is 5.51. The van der Waals surface area contributed by atoms with E-state index in [2.05, 4.69) is 34.6 Å². The Morgan fingerprint density at radius 3 is 2.39 bits per heavy atom. The third-order valence-electron chi connectivity index (χ3n) is 5.51. The van der Waals surface area contributed by atoms with Crippen molar-refractivity contribution in [3.63, 3.8) is 0 Å². The maximum absolute atomic E-state index is 11.5. The molecule has 1 atom stereocenters. The third kappa shape index (κ3) is 4.22. The molecule has 0 saturated carbocycles. The van der Waals surface area contributed by atoms with Crippen LogP contribution in [0.3, 0.4) is 0 Å². The minimum absolute atomic E-state index is 0. The summed E-state index contributed by atoms with van der Waals surface area (Å²) in [5.41, 5.74) is 3.64. The van der Waals surface area contributed by atoms with Crippen LogP contribution in [0.2, 0.25) is 0 Å². The molecule has 3 aromatic rings. The molecule has 1 aromatic heterocycles. The first-order valence-electron chi connectivity index (χ1n) is 9.45. The number of nitrogens with one attached hydrogen (secondary N) is 2. The van der Waals surface area contributed by atoms with Gasteiger partial charge in [-0.2, -0.15) is 0 Å². The number of phenols is 1. The number of pyridine rings is 1. The lowest BCUT2D eigenvalue weighted by molar-refractivity contribution is 0.169. The van der Waals surface area contributed by atoms with Gasteiger partial charge in [0.05, 0.1) is 11.6 Å². The van der Waals surface area contributed by atoms with Crippen molar-refractivity contribution in [3.05, 3.63) is 75.6 Å². The fraction of sp³-hybridized carbons (Fsp3) is 0.318. The van der Waals surface area contributed by atoms with E-state index >= 15 is 0 Å². The van der Waals surface area contributed by atoms with E-state index in [-0.39, 0.29) is 23.7 Å². The Morgan fingerprint density at radius 1 is 1.04 bits per heavy atom. The number of benzene rings is 2. The number of aliphatic hydroxyl groups is 1. The smallest absolute Gasteiger partial charge is 0.248 e. The minimum Gasteiger partial charge on any atom is -0.506 e. The molecular formula is C22H25ClN2O3. The molecule has 0 aliphatic heterocycles. The number of aryl methyl sites for hydroxylation is 2. The van der Waals surface area contributed by atoms with Gasteiger partial charge in [0.2, 0.25) is 5.56 Å². The highest BCUT2D eigenvalue weighted by atomic mass is 35.5. The number of hydrogen-bond acceptors (Lipinski definition) is 4. The largest absolute Gasteiger partial charge is 0.506 e. The summed E-state index contributed by atoms with van der Waals surface area (Å²) in [6.07, 6.45) is 3.48. The quantitative estimate of drug-likeness (QED) is 0.506. The van der Waals surface area contributed by atoms with Crippen molar-refractivity contribution in [2.24, 2.45) is 0 Å². The predicted molar refractivity (Wildman–Crippen MR) is 113 cm³/mol. The van der Waals surface area contributed by atoms with Gasteiger partial charge < -0.3 is 20.5 Å². The van der Waals surface area contributed by atoms with E-state index in [1.807, 2.05) is 0 Å². The summed E-state index contributed by atoms with van der Waals surface area (Å²) in [6.45, 7) is 0.431. The summed E-state index contributed by atoms with van der Waals surface area (Å²) in [4.78, 5) is 14.2. The first-order valence-corrected chi connectivity index (χ1v) is 9.45. The van der Waals surface area contributed by atoms with Gasteiger partial charge in [0.1, 0.15) is 5.75 Å². The number of phenolic OH excluding ortho intramolecular Hbond substituents is 1. The Hall–Kier alpha value is -2.34. The number of H-pyrrole nitrogens is 1. The second kappa shape index (κ2) is 8.78. The Labute approximate surface area is 169 Å². The van der Waals surface area contributed by atoms with Gasteiger partial charge in [-0.3, -0.25) is 4.79 Å². The molecule has 0 bridgehead atoms. The summed E-state index contributed by atoms with van der Waals surface area (Å²) >= 11 is 0. The molecule has 0 radical (unpaired) electrons. The van der Waals surface area contributed by atoms with E-state index in [9.17, 15) is 15.0 Å². The molecule has 4 N–H and O–H groups in total. The van der Waals surface area contributed by atoms with Crippen molar-refractivity contribution in [2.75, 3.05) is 6.54 Å². The van der Waals surface area contributed by atoms with Gasteiger partial charge in [-0.15, -0.1) is 12.4 Å². The van der Waals surface area contributed by atoms with Gasteiger partial charge in [-0.25, -0.2) is 0 Å². The van der Waals surface area contributed by atoms with Crippen molar-refractivity contribution in [3.8, 4) is 5.75 Å². The van der Waals surface area contributed by atoms with Crippen molar-refractivity contribution < 1.29 is 10.2 Å². The number of aromatic hydroxyl groups is 1. The highest BCUT2D eigenvalue weighted by Gasteiger charge is 2.18. The second-order valence-electron chi connectivity index (χ2n) is 7.25. The summed E-state index contributed by atoms with van der Waals surface area (Å²) in [7, 11) is 0. The number of aromatic nitrogens is 1.